The van der Waals surface area contributed by atoms with E-state index in [4.69, 9.17) is 33.7 Å². The van der Waals surface area contributed by atoms with Gasteiger partial charge in [0.15, 0.2) is 5.78 Å². The van der Waals surface area contributed by atoms with Crippen molar-refractivity contribution >= 4 is 34.7 Å². The molecule has 0 aromatic heterocycles. The Hall–Kier alpha value is -1.78. The summed E-state index contributed by atoms with van der Waals surface area (Å²) >= 11 is 11.8. The third-order valence-electron chi connectivity index (χ3n) is 2.72. The largest absolute Gasteiger partial charge is 0.497 e. The van der Waals surface area contributed by atoms with E-state index < -0.39 is 11.6 Å². The van der Waals surface area contributed by atoms with Crippen LogP contribution in [0, 0.1) is 5.82 Å². The molecule has 0 aliphatic rings. The van der Waals surface area contributed by atoms with Crippen molar-refractivity contribution in [2.24, 2.45) is 0 Å². The first-order valence-corrected chi connectivity index (χ1v) is 6.32. The molecule has 0 fully saturated rings. The van der Waals surface area contributed by atoms with Gasteiger partial charge >= 0.3 is 0 Å². The van der Waals surface area contributed by atoms with Crippen molar-refractivity contribution in [2.75, 3.05) is 12.8 Å². The Morgan fingerprint density at radius 1 is 1.20 bits per heavy atom. The Morgan fingerprint density at radius 2 is 1.90 bits per heavy atom. The first-order chi connectivity index (χ1) is 9.43. The van der Waals surface area contributed by atoms with E-state index in [9.17, 15) is 9.18 Å². The van der Waals surface area contributed by atoms with Crippen molar-refractivity contribution in [1.29, 1.82) is 0 Å². The topological polar surface area (TPSA) is 52.3 Å². The lowest BCUT2D eigenvalue weighted by Gasteiger charge is -2.08. The minimum absolute atomic E-state index is 0.0427. The maximum atomic E-state index is 13.9. The molecule has 20 heavy (non-hydrogen) atoms. The number of nitrogens with two attached hydrogens (primary N) is 1. The molecule has 0 saturated heterocycles. The van der Waals surface area contributed by atoms with Crippen molar-refractivity contribution in [3.8, 4) is 5.75 Å². The number of rotatable bonds is 3. The standard InChI is InChI=1S/C14H10Cl2FNO2/c1-20-8-2-3-9(12(17)6-8)14(19)10-4-7(18)5-11(15)13(10)16/h2-6H,18H2,1H3. The minimum atomic E-state index is -0.705. The Bertz CT molecular complexity index is 689. The summed E-state index contributed by atoms with van der Waals surface area (Å²) in [7, 11) is 1.41. The number of methoxy groups -OCH3 is 1. The third-order valence-corrected chi connectivity index (χ3v) is 3.52. The van der Waals surface area contributed by atoms with Gasteiger partial charge in [-0.3, -0.25) is 4.79 Å². The molecular weight excluding hydrogens is 304 g/mol. The monoisotopic (exact) mass is 313 g/mol. The van der Waals surface area contributed by atoms with Gasteiger partial charge < -0.3 is 10.5 Å². The average molecular weight is 314 g/mol. The van der Waals surface area contributed by atoms with Crippen LogP contribution in [-0.2, 0) is 0 Å². The van der Waals surface area contributed by atoms with Crippen LogP contribution in [0.2, 0.25) is 10.0 Å². The van der Waals surface area contributed by atoms with Crippen LogP contribution in [0.25, 0.3) is 0 Å². The molecule has 0 aliphatic carbocycles. The molecule has 2 rings (SSSR count). The fraction of sp³-hybridized carbons (Fsp3) is 0.0714. The van der Waals surface area contributed by atoms with E-state index in [0.29, 0.717) is 5.75 Å². The number of halogens is 3. The van der Waals surface area contributed by atoms with Gasteiger partial charge in [-0.1, -0.05) is 23.2 Å². The van der Waals surface area contributed by atoms with Gasteiger partial charge in [0, 0.05) is 17.3 Å². The molecule has 0 unspecified atom stereocenters. The fourth-order valence-electron chi connectivity index (χ4n) is 1.73. The Balaban J connectivity index is 2.52. The number of nitrogen functional groups attached to an aromatic ring is 1. The minimum Gasteiger partial charge on any atom is -0.497 e. The third kappa shape index (κ3) is 2.71. The van der Waals surface area contributed by atoms with Gasteiger partial charge in [0.2, 0.25) is 0 Å². The molecule has 3 nitrogen and oxygen atoms in total. The van der Waals surface area contributed by atoms with E-state index in [2.05, 4.69) is 0 Å². The highest BCUT2D eigenvalue weighted by atomic mass is 35.5. The molecule has 0 aliphatic heterocycles. The molecular formula is C14H10Cl2FNO2. The molecule has 0 saturated carbocycles. The van der Waals surface area contributed by atoms with Crippen LogP contribution in [0.15, 0.2) is 30.3 Å². The molecule has 0 amide bonds. The highest BCUT2D eigenvalue weighted by molar-refractivity contribution is 6.44. The van der Waals surface area contributed by atoms with E-state index in [1.807, 2.05) is 0 Å². The van der Waals surface area contributed by atoms with Gasteiger partial charge in [0.05, 0.1) is 22.7 Å². The zero-order chi connectivity index (χ0) is 14.9. The molecule has 104 valence electrons. The molecule has 6 heteroatoms. The molecule has 0 bridgehead atoms. The first-order valence-electron chi connectivity index (χ1n) is 5.56. The zero-order valence-corrected chi connectivity index (χ0v) is 11.9. The summed E-state index contributed by atoms with van der Waals surface area (Å²) in [6.45, 7) is 0. The summed E-state index contributed by atoms with van der Waals surface area (Å²) in [6, 6.07) is 6.71. The smallest absolute Gasteiger partial charge is 0.197 e. The number of ketones is 1. The summed E-state index contributed by atoms with van der Waals surface area (Å²) in [5.41, 5.74) is 5.82. The molecule has 0 spiro atoms. The highest BCUT2D eigenvalue weighted by Gasteiger charge is 2.19. The van der Waals surface area contributed by atoms with Crippen LogP contribution in [0.1, 0.15) is 15.9 Å². The number of carbonyl (C=O) groups is 1. The lowest BCUT2D eigenvalue weighted by Crippen LogP contribution is -2.06. The number of carbonyl (C=O) groups excluding carboxylic acids is 1. The summed E-state index contributed by atoms with van der Waals surface area (Å²) in [5, 5.41) is 0.185. The van der Waals surface area contributed by atoms with Crippen molar-refractivity contribution in [3.63, 3.8) is 0 Å². The summed E-state index contributed by atoms with van der Waals surface area (Å²) in [4.78, 5) is 12.3. The first kappa shape index (κ1) is 14.6. The van der Waals surface area contributed by atoms with Gasteiger partial charge in [-0.05, 0) is 24.3 Å². The Labute approximate surface area is 125 Å². The number of ether oxygens (including phenoxy) is 1. The molecule has 0 heterocycles. The second kappa shape index (κ2) is 5.69. The van der Waals surface area contributed by atoms with Crippen LogP contribution in [0.3, 0.4) is 0 Å². The molecule has 2 aromatic rings. The Kier molecular flexibility index (Phi) is 4.16. The summed E-state index contributed by atoms with van der Waals surface area (Å²) in [6.07, 6.45) is 0. The van der Waals surface area contributed by atoms with Gasteiger partial charge in [0.25, 0.3) is 0 Å². The van der Waals surface area contributed by atoms with E-state index >= 15 is 0 Å². The second-order valence-corrected chi connectivity index (χ2v) is 4.82. The maximum Gasteiger partial charge on any atom is 0.197 e. The maximum absolute atomic E-state index is 13.9. The normalized spacial score (nSPS) is 10.4. The van der Waals surface area contributed by atoms with Crippen LogP contribution in [-0.4, -0.2) is 12.9 Å². The van der Waals surface area contributed by atoms with Crippen molar-refractivity contribution in [3.05, 3.63) is 57.3 Å². The van der Waals surface area contributed by atoms with Crippen molar-refractivity contribution < 1.29 is 13.9 Å². The van der Waals surface area contributed by atoms with E-state index in [1.165, 1.54) is 31.4 Å². The Morgan fingerprint density at radius 3 is 2.50 bits per heavy atom. The van der Waals surface area contributed by atoms with E-state index in [-0.39, 0.29) is 26.9 Å². The van der Waals surface area contributed by atoms with Crippen LogP contribution in [0.4, 0.5) is 10.1 Å². The van der Waals surface area contributed by atoms with E-state index in [0.717, 1.165) is 6.07 Å². The van der Waals surface area contributed by atoms with Gasteiger partial charge in [-0.2, -0.15) is 0 Å². The SMILES string of the molecule is COc1ccc(C(=O)c2cc(N)cc(Cl)c2Cl)c(F)c1. The fourth-order valence-corrected chi connectivity index (χ4v) is 2.15. The molecule has 0 atom stereocenters. The van der Waals surface area contributed by atoms with Crippen molar-refractivity contribution in [2.45, 2.75) is 0 Å². The zero-order valence-electron chi connectivity index (χ0n) is 10.4. The number of anilines is 1. The average Bonchev–Trinajstić information content (AvgIpc) is 2.41. The molecule has 2 aromatic carbocycles. The second-order valence-electron chi connectivity index (χ2n) is 4.04. The molecule has 0 radical (unpaired) electrons. The highest BCUT2D eigenvalue weighted by Crippen LogP contribution is 2.31. The summed E-state index contributed by atoms with van der Waals surface area (Å²) < 4.78 is 18.8. The van der Waals surface area contributed by atoms with Crippen LogP contribution in [0.5, 0.6) is 5.75 Å². The van der Waals surface area contributed by atoms with Gasteiger partial charge in [0.1, 0.15) is 11.6 Å². The summed E-state index contributed by atoms with van der Waals surface area (Å²) in [5.74, 6) is -0.982. The van der Waals surface area contributed by atoms with Gasteiger partial charge in [-0.15, -0.1) is 0 Å². The lowest BCUT2D eigenvalue weighted by atomic mass is 10.0. The predicted molar refractivity (Wildman–Crippen MR) is 77.3 cm³/mol. The van der Waals surface area contributed by atoms with Gasteiger partial charge in [-0.25, -0.2) is 4.39 Å². The quantitative estimate of drug-likeness (QED) is 0.689. The van der Waals surface area contributed by atoms with Crippen LogP contribution >= 0.6 is 23.2 Å². The number of hydrogen-bond donors (Lipinski definition) is 1. The number of hydrogen-bond acceptors (Lipinski definition) is 3. The van der Waals surface area contributed by atoms with E-state index in [1.54, 1.807) is 0 Å². The predicted octanol–water partition coefficient (Wildman–Crippen LogP) is 3.95. The van der Waals surface area contributed by atoms with Crippen molar-refractivity contribution in [1.82, 2.24) is 0 Å². The lowest BCUT2D eigenvalue weighted by molar-refractivity contribution is 0.103. The molecule has 2 N–H and O–H groups in total. The van der Waals surface area contributed by atoms with Crippen LogP contribution < -0.4 is 10.5 Å². The number of benzene rings is 2.